The molecule has 7 heteroatoms. The molecule has 3 aromatic carbocycles. The van der Waals surface area contributed by atoms with Crippen LogP contribution in [0, 0.1) is 0 Å². The molecule has 1 heterocycles. The van der Waals surface area contributed by atoms with E-state index in [1.165, 1.54) is 19.8 Å². The van der Waals surface area contributed by atoms with Crippen molar-refractivity contribution < 1.29 is 19.1 Å². The standard InChI is InChI=1S/C28H28N2O4S/c1-28(2,3)21-11-13-22(14-12-21)30-24-15-10-20(26(32)34-5)16-23(24)29-27(30)35-17-18-6-8-19(9-7-18)25(31)33-4/h6-16H,17H2,1-5H3. The Morgan fingerprint density at radius 1 is 0.857 bits per heavy atom. The predicted octanol–water partition coefficient (Wildman–Crippen LogP) is 6.19. The van der Waals surface area contributed by atoms with E-state index in [1.807, 2.05) is 18.2 Å². The summed E-state index contributed by atoms with van der Waals surface area (Å²) < 4.78 is 11.8. The number of ether oxygens (including phenoxy) is 2. The van der Waals surface area contributed by atoms with Crippen molar-refractivity contribution in [2.75, 3.05) is 14.2 Å². The van der Waals surface area contributed by atoms with Gasteiger partial charge in [-0.3, -0.25) is 4.57 Å². The molecule has 0 saturated heterocycles. The zero-order chi connectivity index (χ0) is 25.2. The van der Waals surface area contributed by atoms with Gasteiger partial charge < -0.3 is 9.47 Å². The summed E-state index contributed by atoms with van der Waals surface area (Å²) in [6.07, 6.45) is 0. The first-order chi connectivity index (χ1) is 16.7. The number of hydrogen-bond acceptors (Lipinski definition) is 6. The van der Waals surface area contributed by atoms with Gasteiger partial charge in [0.15, 0.2) is 5.16 Å². The number of carbonyl (C=O) groups excluding carboxylic acids is 2. The number of imidazole rings is 1. The van der Waals surface area contributed by atoms with Crippen molar-refractivity contribution in [3.8, 4) is 5.69 Å². The highest BCUT2D eigenvalue weighted by Crippen LogP contribution is 2.32. The van der Waals surface area contributed by atoms with E-state index < -0.39 is 5.97 Å². The van der Waals surface area contributed by atoms with Crippen LogP contribution >= 0.6 is 11.8 Å². The number of hydrogen-bond donors (Lipinski definition) is 0. The Balaban J connectivity index is 1.72. The fourth-order valence-electron chi connectivity index (χ4n) is 3.76. The fourth-order valence-corrected chi connectivity index (χ4v) is 4.75. The Morgan fingerprint density at radius 2 is 1.46 bits per heavy atom. The summed E-state index contributed by atoms with van der Waals surface area (Å²) in [4.78, 5) is 28.6. The van der Waals surface area contributed by atoms with Crippen LogP contribution in [-0.2, 0) is 20.6 Å². The van der Waals surface area contributed by atoms with Gasteiger partial charge in [0.05, 0.1) is 36.4 Å². The minimum atomic E-state index is -0.393. The summed E-state index contributed by atoms with van der Waals surface area (Å²) >= 11 is 1.59. The second-order valence-corrected chi connectivity index (χ2v) is 10.1. The lowest BCUT2D eigenvalue weighted by molar-refractivity contribution is 0.0592. The molecule has 0 amide bonds. The molecule has 0 aliphatic rings. The number of benzene rings is 3. The van der Waals surface area contributed by atoms with Gasteiger partial charge in [0.2, 0.25) is 0 Å². The van der Waals surface area contributed by atoms with Crippen molar-refractivity contribution in [3.05, 3.63) is 89.0 Å². The van der Waals surface area contributed by atoms with Gasteiger partial charge in [0.25, 0.3) is 0 Å². The Labute approximate surface area is 209 Å². The number of fused-ring (bicyclic) bond motifs is 1. The van der Waals surface area contributed by atoms with Crippen molar-refractivity contribution in [2.45, 2.75) is 37.1 Å². The van der Waals surface area contributed by atoms with E-state index in [1.54, 1.807) is 36.0 Å². The third-order valence-corrected chi connectivity index (χ3v) is 6.79. The van der Waals surface area contributed by atoms with Crippen LogP contribution in [0.5, 0.6) is 0 Å². The first-order valence-corrected chi connectivity index (χ1v) is 12.2. The van der Waals surface area contributed by atoms with Crippen LogP contribution in [0.4, 0.5) is 0 Å². The second-order valence-electron chi connectivity index (χ2n) is 9.20. The van der Waals surface area contributed by atoms with Crippen molar-refractivity contribution in [1.29, 1.82) is 0 Å². The van der Waals surface area contributed by atoms with Crippen LogP contribution in [0.25, 0.3) is 16.7 Å². The molecule has 0 aliphatic carbocycles. The molecular formula is C28H28N2O4S. The van der Waals surface area contributed by atoms with Crippen LogP contribution < -0.4 is 0 Å². The monoisotopic (exact) mass is 488 g/mol. The maximum Gasteiger partial charge on any atom is 0.337 e. The molecule has 0 atom stereocenters. The zero-order valence-corrected chi connectivity index (χ0v) is 21.3. The van der Waals surface area contributed by atoms with E-state index in [2.05, 4.69) is 49.6 Å². The molecule has 0 radical (unpaired) electrons. The molecule has 0 saturated carbocycles. The average Bonchev–Trinajstić information content (AvgIpc) is 3.23. The molecule has 1 aromatic heterocycles. The number of thioether (sulfide) groups is 1. The van der Waals surface area contributed by atoms with E-state index >= 15 is 0 Å². The lowest BCUT2D eigenvalue weighted by Crippen LogP contribution is -2.11. The summed E-state index contributed by atoms with van der Waals surface area (Å²) in [5, 5.41) is 0.808. The molecule has 0 bridgehead atoms. The maximum atomic E-state index is 12.1. The topological polar surface area (TPSA) is 70.4 Å². The minimum Gasteiger partial charge on any atom is -0.465 e. The summed E-state index contributed by atoms with van der Waals surface area (Å²) in [6, 6.07) is 21.3. The van der Waals surface area contributed by atoms with Crippen LogP contribution in [0.1, 0.15) is 52.6 Å². The van der Waals surface area contributed by atoms with Crippen molar-refractivity contribution in [1.82, 2.24) is 9.55 Å². The SMILES string of the molecule is COC(=O)c1ccc(CSc2nc3cc(C(=O)OC)ccc3n2-c2ccc(C(C)(C)C)cc2)cc1. The fraction of sp³-hybridized carbons (Fsp3) is 0.250. The number of rotatable bonds is 6. The van der Waals surface area contributed by atoms with Crippen LogP contribution in [0.2, 0.25) is 0 Å². The lowest BCUT2D eigenvalue weighted by Gasteiger charge is -2.19. The minimum absolute atomic E-state index is 0.0545. The Morgan fingerprint density at radius 3 is 2.06 bits per heavy atom. The third-order valence-electron chi connectivity index (χ3n) is 5.78. The molecule has 180 valence electrons. The van der Waals surface area contributed by atoms with Crippen LogP contribution in [0.3, 0.4) is 0 Å². The quantitative estimate of drug-likeness (QED) is 0.238. The summed E-state index contributed by atoms with van der Waals surface area (Å²) in [5.74, 6) is -0.0867. The second kappa shape index (κ2) is 9.96. The molecule has 0 unspecified atom stereocenters. The molecule has 35 heavy (non-hydrogen) atoms. The first-order valence-electron chi connectivity index (χ1n) is 11.2. The van der Waals surface area contributed by atoms with Gasteiger partial charge in [-0.25, -0.2) is 14.6 Å². The predicted molar refractivity (Wildman–Crippen MR) is 138 cm³/mol. The molecule has 0 aliphatic heterocycles. The van der Waals surface area contributed by atoms with E-state index in [0.29, 0.717) is 16.9 Å². The largest absolute Gasteiger partial charge is 0.465 e. The number of nitrogens with zero attached hydrogens (tertiary/aromatic N) is 2. The van der Waals surface area contributed by atoms with Gasteiger partial charge in [-0.2, -0.15) is 0 Å². The number of esters is 2. The number of methoxy groups -OCH3 is 2. The molecule has 0 spiro atoms. The highest BCUT2D eigenvalue weighted by molar-refractivity contribution is 7.98. The van der Waals surface area contributed by atoms with E-state index in [0.717, 1.165) is 27.4 Å². The smallest absolute Gasteiger partial charge is 0.337 e. The molecule has 0 fully saturated rings. The van der Waals surface area contributed by atoms with Crippen LogP contribution in [-0.4, -0.2) is 35.7 Å². The molecule has 4 rings (SSSR count). The molecule has 4 aromatic rings. The van der Waals surface area contributed by atoms with Gasteiger partial charge >= 0.3 is 11.9 Å². The van der Waals surface area contributed by atoms with E-state index in [-0.39, 0.29) is 11.4 Å². The number of carbonyl (C=O) groups is 2. The summed E-state index contributed by atoms with van der Waals surface area (Å²) in [6.45, 7) is 6.57. The third kappa shape index (κ3) is 5.25. The van der Waals surface area contributed by atoms with Gasteiger partial charge in [-0.15, -0.1) is 0 Å². The molecular weight excluding hydrogens is 460 g/mol. The lowest BCUT2D eigenvalue weighted by atomic mass is 9.87. The zero-order valence-electron chi connectivity index (χ0n) is 20.5. The van der Waals surface area contributed by atoms with Gasteiger partial charge in [-0.1, -0.05) is 56.8 Å². The summed E-state index contributed by atoms with van der Waals surface area (Å²) in [7, 11) is 2.74. The molecule has 6 nitrogen and oxygen atoms in total. The van der Waals surface area contributed by atoms with Gasteiger partial charge in [-0.05, 0) is 59.0 Å². The Bertz CT molecular complexity index is 1370. The van der Waals surface area contributed by atoms with Crippen molar-refractivity contribution >= 4 is 34.7 Å². The van der Waals surface area contributed by atoms with Gasteiger partial charge in [0.1, 0.15) is 0 Å². The maximum absolute atomic E-state index is 12.1. The normalized spacial score (nSPS) is 11.5. The van der Waals surface area contributed by atoms with Crippen molar-refractivity contribution in [3.63, 3.8) is 0 Å². The first kappa shape index (κ1) is 24.5. The average molecular weight is 489 g/mol. The number of aromatic nitrogens is 2. The van der Waals surface area contributed by atoms with E-state index in [4.69, 9.17) is 14.5 Å². The van der Waals surface area contributed by atoms with Gasteiger partial charge in [0, 0.05) is 11.4 Å². The highest BCUT2D eigenvalue weighted by Gasteiger charge is 2.18. The summed E-state index contributed by atoms with van der Waals surface area (Å²) in [5.41, 5.74) is 5.96. The van der Waals surface area contributed by atoms with Crippen molar-refractivity contribution in [2.24, 2.45) is 0 Å². The van der Waals surface area contributed by atoms with E-state index in [9.17, 15) is 9.59 Å². The Hall–Kier alpha value is -3.58. The highest BCUT2D eigenvalue weighted by atomic mass is 32.2. The van der Waals surface area contributed by atoms with Crippen LogP contribution in [0.15, 0.2) is 71.9 Å². The molecule has 0 N–H and O–H groups in total. The Kier molecular flexibility index (Phi) is 6.98.